The van der Waals surface area contributed by atoms with Gasteiger partial charge >= 0.3 is 6.03 Å². The molecule has 0 spiro atoms. The number of urea groups is 1. The molecule has 0 saturated carbocycles. The summed E-state index contributed by atoms with van der Waals surface area (Å²) in [6.07, 6.45) is 3.98. The van der Waals surface area contributed by atoms with Crippen molar-refractivity contribution in [1.82, 2.24) is 20.8 Å². The lowest BCUT2D eigenvalue weighted by Gasteiger charge is -2.39. The first-order chi connectivity index (χ1) is 14.3. The summed E-state index contributed by atoms with van der Waals surface area (Å²) in [4.78, 5) is 50.3. The fourth-order valence-electron chi connectivity index (χ4n) is 3.03. The van der Waals surface area contributed by atoms with Crippen LogP contribution in [-0.4, -0.2) is 51.6 Å². The van der Waals surface area contributed by atoms with Crippen molar-refractivity contribution >= 4 is 29.8 Å². The van der Waals surface area contributed by atoms with Crippen molar-refractivity contribution in [1.29, 1.82) is 0 Å². The third-order valence-electron chi connectivity index (χ3n) is 4.63. The van der Waals surface area contributed by atoms with E-state index in [-0.39, 0.29) is 31.7 Å². The number of carbonyl (C=O) groups is 4. The lowest BCUT2D eigenvalue weighted by Crippen LogP contribution is -2.64. The van der Waals surface area contributed by atoms with Crippen LogP contribution in [0.2, 0.25) is 0 Å². The van der Waals surface area contributed by atoms with Crippen LogP contribution in [0.3, 0.4) is 0 Å². The Morgan fingerprint density at radius 3 is 2.57 bits per heavy atom. The highest BCUT2D eigenvalue weighted by molar-refractivity contribution is 6.00. The normalized spacial score (nSPS) is 15.3. The molecule has 0 unspecified atom stereocenters. The zero-order valence-corrected chi connectivity index (χ0v) is 17.2. The van der Waals surface area contributed by atoms with E-state index in [0.29, 0.717) is 11.4 Å². The van der Waals surface area contributed by atoms with Gasteiger partial charge in [-0.1, -0.05) is 56.3 Å². The van der Waals surface area contributed by atoms with Gasteiger partial charge in [-0.3, -0.25) is 19.6 Å². The van der Waals surface area contributed by atoms with Gasteiger partial charge in [-0.2, -0.15) is 5.01 Å². The molecule has 0 bridgehead atoms. The molecule has 9 heteroatoms. The molecule has 5 amide bonds. The number of amides is 5. The number of rotatable bonds is 9. The minimum absolute atomic E-state index is 0.00696. The Morgan fingerprint density at radius 2 is 1.97 bits per heavy atom. The molecule has 1 atom stereocenters. The van der Waals surface area contributed by atoms with Crippen LogP contribution in [0.1, 0.15) is 45.1 Å². The van der Waals surface area contributed by atoms with Gasteiger partial charge in [-0.25, -0.2) is 15.3 Å². The van der Waals surface area contributed by atoms with Crippen LogP contribution in [0.25, 0.3) is 6.08 Å². The molecule has 0 radical (unpaired) electrons. The van der Waals surface area contributed by atoms with Crippen LogP contribution < -0.4 is 10.8 Å². The summed E-state index contributed by atoms with van der Waals surface area (Å²) in [6, 6.07) is 7.27. The minimum atomic E-state index is -1.28. The maximum absolute atomic E-state index is 13.0. The number of hydrogen-bond acceptors (Lipinski definition) is 5. The molecule has 3 N–H and O–H groups in total. The second-order valence-electron chi connectivity index (χ2n) is 7.40. The molecule has 1 aromatic rings. The summed E-state index contributed by atoms with van der Waals surface area (Å²) in [5.41, 5.74) is 2.43. The number of hydrazine groups is 1. The van der Waals surface area contributed by atoms with Gasteiger partial charge in [0.25, 0.3) is 11.8 Å². The maximum Gasteiger partial charge on any atom is 0.343 e. The van der Waals surface area contributed by atoms with Gasteiger partial charge in [0.15, 0.2) is 0 Å². The first-order valence-electron chi connectivity index (χ1n) is 9.93. The Balaban J connectivity index is 2.34. The van der Waals surface area contributed by atoms with E-state index in [4.69, 9.17) is 0 Å². The summed E-state index contributed by atoms with van der Waals surface area (Å²) >= 11 is 0. The molecule has 1 aromatic carbocycles. The topological polar surface area (TPSA) is 119 Å². The molecular formula is C21H28N4O5. The van der Waals surface area contributed by atoms with Gasteiger partial charge in [-0.15, -0.1) is 0 Å². The van der Waals surface area contributed by atoms with Crippen LogP contribution in [-0.2, 0) is 14.4 Å². The molecule has 1 heterocycles. The van der Waals surface area contributed by atoms with Crippen LogP contribution in [0.4, 0.5) is 4.79 Å². The second kappa shape index (κ2) is 11.1. The van der Waals surface area contributed by atoms with E-state index in [9.17, 15) is 24.4 Å². The fraction of sp³-hybridized carbons (Fsp3) is 0.429. The SMILES string of the molecule is CC(C)CCC(=O)N([C@@H](CC=Cc1ccccc1)C(=O)NO)N1C(=O)CCNC1=O. The Hall–Kier alpha value is -3.20. The standard InChI is InChI=1S/C21H28N4O5/c1-15(2)11-12-18(26)24(25-19(27)13-14-22-21(25)29)17(20(28)23-30)10-6-9-16-7-4-3-5-8-16/h3-9,15,17,30H,10-14H2,1-2H3,(H,22,29)(H,23,28)/t17-/m0/s1. The zero-order chi connectivity index (χ0) is 22.1. The van der Waals surface area contributed by atoms with Gasteiger partial charge in [-0.05, 0) is 24.3 Å². The number of benzene rings is 1. The first kappa shape index (κ1) is 23.1. The van der Waals surface area contributed by atoms with Crippen molar-refractivity contribution in [2.75, 3.05) is 6.54 Å². The van der Waals surface area contributed by atoms with E-state index in [1.165, 1.54) is 0 Å². The lowest BCUT2D eigenvalue weighted by atomic mass is 10.1. The van der Waals surface area contributed by atoms with Crippen LogP contribution in [0.5, 0.6) is 0 Å². The molecule has 0 aromatic heterocycles. The zero-order valence-electron chi connectivity index (χ0n) is 17.2. The number of nitrogens with zero attached hydrogens (tertiary/aromatic N) is 2. The van der Waals surface area contributed by atoms with Crippen LogP contribution >= 0.6 is 0 Å². The van der Waals surface area contributed by atoms with E-state index in [0.717, 1.165) is 10.6 Å². The summed E-state index contributed by atoms with van der Waals surface area (Å²) in [5, 5.41) is 13.3. The fourth-order valence-corrected chi connectivity index (χ4v) is 3.03. The predicted octanol–water partition coefficient (Wildman–Crippen LogP) is 2.09. The predicted molar refractivity (Wildman–Crippen MR) is 110 cm³/mol. The van der Waals surface area contributed by atoms with E-state index in [1.54, 1.807) is 17.6 Å². The molecule has 1 aliphatic rings. The van der Waals surface area contributed by atoms with Crippen molar-refractivity contribution in [3.63, 3.8) is 0 Å². The monoisotopic (exact) mass is 416 g/mol. The molecule has 0 aliphatic carbocycles. The highest BCUT2D eigenvalue weighted by Crippen LogP contribution is 2.18. The number of hydrogen-bond donors (Lipinski definition) is 3. The van der Waals surface area contributed by atoms with E-state index in [1.807, 2.05) is 44.2 Å². The van der Waals surface area contributed by atoms with Crippen LogP contribution in [0, 0.1) is 5.92 Å². The van der Waals surface area contributed by atoms with E-state index < -0.39 is 29.8 Å². The quantitative estimate of drug-likeness (QED) is 0.421. The average Bonchev–Trinajstić information content (AvgIpc) is 2.73. The maximum atomic E-state index is 13.0. The van der Waals surface area contributed by atoms with Gasteiger partial charge < -0.3 is 5.32 Å². The van der Waals surface area contributed by atoms with Crippen LogP contribution in [0.15, 0.2) is 36.4 Å². The number of hydroxylamine groups is 1. The van der Waals surface area contributed by atoms with Gasteiger partial charge in [0.2, 0.25) is 5.91 Å². The Kier molecular flexibility index (Phi) is 8.54. The number of imide groups is 1. The van der Waals surface area contributed by atoms with Crippen molar-refractivity contribution in [2.45, 2.75) is 45.6 Å². The molecule has 2 rings (SSSR count). The summed E-state index contributed by atoms with van der Waals surface area (Å²) in [6.45, 7) is 4.04. The molecule has 9 nitrogen and oxygen atoms in total. The second-order valence-corrected chi connectivity index (χ2v) is 7.40. The Labute approximate surface area is 175 Å². The molecular weight excluding hydrogens is 388 g/mol. The molecule has 30 heavy (non-hydrogen) atoms. The van der Waals surface area contributed by atoms with E-state index in [2.05, 4.69) is 5.32 Å². The molecule has 1 fully saturated rings. The first-order valence-corrected chi connectivity index (χ1v) is 9.93. The summed E-state index contributed by atoms with van der Waals surface area (Å²) in [7, 11) is 0. The van der Waals surface area contributed by atoms with Gasteiger partial charge in [0.05, 0.1) is 0 Å². The third kappa shape index (κ3) is 6.15. The molecule has 1 aliphatic heterocycles. The highest BCUT2D eigenvalue weighted by atomic mass is 16.5. The average molecular weight is 416 g/mol. The Bertz CT molecular complexity index is 778. The lowest BCUT2D eigenvalue weighted by molar-refractivity contribution is -0.168. The van der Waals surface area contributed by atoms with Crippen molar-refractivity contribution < 1.29 is 24.4 Å². The van der Waals surface area contributed by atoms with Crippen molar-refractivity contribution in [2.24, 2.45) is 5.92 Å². The van der Waals surface area contributed by atoms with Crippen molar-refractivity contribution in [3.8, 4) is 0 Å². The smallest absolute Gasteiger partial charge is 0.336 e. The third-order valence-corrected chi connectivity index (χ3v) is 4.63. The highest BCUT2D eigenvalue weighted by Gasteiger charge is 2.40. The largest absolute Gasteiger partial charge is 0.343 e. The number of nitrogens with one attached hydrogen (secondary N) is 2. The summed E-state index contributed by atoms with van der Waals surface area (Å²) < 4.78 is 0. The molecule has 162 valence electrons. The molecule has 1 saturated heterocycles. The van der Waals surface area contributed by atoms with Gasteiger partial charge in [0.1, 0.15) is 6.04 Å². The van der Waals surface area contributed by atoms with Crippen molar-refractivity contribution in [3.05, 3.63) is 42.0 Å². The van der Waals surface area contributed by atoms with Gasteiger partial charge in [0, 0.05) is 19.4 Å². The summed E-state index contributed by atoms with van der Waals surface area (Å²) in [5.74, 6) is -1.81. The number of carbonyl (C=O) groups excluding carboxylic acids is 4. The Morgan fingerprint density at radius 1 is 1.27 bits per heavy atom. The minimum Gasteiger partial charge on any atom is -0.336 e. The van der Waals surface area contributed by atoms with E-state index >= 15 is 0 Å².